The fourth-order valence-electron chi connectivity index (χ4n) is 2.31. The number of ether oxygens (including phenoxy) is 1. The van der Waals surface area contributed by atoms with Gasteiger partial charge in [-0.2, -0.15) is 0 Å². The van der Waals surface area contributed by atoms with Crippen LogP contribution in [-0.2, 0) is 4.74 Å². The number of hydrogen-bond donors (Lipinski definition) is 0. The molecule has 2 rings (SSSR count). The molecule has 0 spiro atoms. The van der Waals surface area contributed by atoms with Gasteiger partial charge in [0.25, 0.3) is 0 Å². The molecule has 0 radical (unpaired) electrons. The van der Waals surface area contributed by atoms with Gasteiger partial charge in [-0.3, -0.25) is 4.90 Å². The van der Waals surface area contributed by atoms with Crippen molar-refractivity contribution in [3.63, 3.8) is 0 Å². The Morgan fingerprint density at radius 3 is 1.52 bits per heavy atom. The highest BCUT2D eigenvalue weighted by Crippen LogP contribution is 2.07. The molecule has 0 saturated carbocycles. The molecule has 2 aliphatic rings. The van der Waals surface area contributed by atoms with Gasteiger partial charge in [0.05, 0.1) is 13.2 Å². The second kappa shape index (κ2) is 26.8. The Kier molecular flexibility index (Phi) is 32.2. The lowest BCUT2D eigenvalue weighted by atomic mass is 10.3. The van der Waals surface area contributed by atoms with Crippen LogP contribution in [0, 0.1) is 0 Å². The van der Waals surface area contributed by atoms with Crippen LogP contribution in [0.5, 0.6) is 0 Å². The van der Waals surface area contributed by atoms with E-state index in [2.05, 4.69) is 23.6 Å². The number of likely N-dealkylation sites (tertiary alicyclic amines) is 1. The van der Waals surface area contributed by atoms with E-state index in [9.17, 15) is 0 Å². The van der Waals surface area contributed by atoms with Crippen molar-refractivity contribution >= 4 is 0 Å². The number of unbranched alkanes of at least 4 members (excludes halogenated alkanes) is 1. The van der Waals surface area contributed by atoms with Crippen molar-refractivity contribution in [2.45, 2.75) is 81.1 Å². The average molecular weight is 333 g/mol. The van der Waals surface area contributed by atoms with Crippen molar-refractivity contribution in [2.24, 2.45) is 0 Å². The normalized spacial score (nSPS) is 17.2. The minimum atomic E-state index is 0.924. The quantitative estimate of drug-likeness (QED) is 0.695. The van der Waals surface area contributed by atoms with Crippen LogP contribution in [0.4, 0.5) is 0 Å². The van der Waals surface area contributed by atoms with Crippen LogP contribution in [0.15, 0.2) is 0 Å². The second-order valence-corrected chi connectivity index (χ2v) is 4.95. The monoisotopic (exact) mass is 332 g/mol. The first-order valence-corrected chi connectivity index (χ1v) is 10.4. The molecular formula is C20H48N2O. The predicted molar refractivity (Wildman–Crippen MR) is 108 cm³/mol. The summed E-state index contributed by atoms with van der Waals surface area (Å²) in [5.74, 6) is 0. The lowest BCUT2D eigenvalue weighted by molar-refractivity contribution is 0.0405. The summed E-state index contributed by atoms with van der Waals surface area (Å²) in [6, 6.07) is 0. The summed E-state index contributed by atoms with van der Waals surface area (Å²) in [5.41, 5.74) is 0. The zero-order chi connectivity index (χ0) is 18.3. The summed E-state index contributed by atoms with van der Waals surface area (Å²) in [7, 11) is 0. The summed E-state index contributed by atoms with van der Waals surface area (Å²) < 4.78 is 5.16. The molecule has 23 heavy (non-hydrogen) atoms. The molecule has 3 heteroatoms. The van der Waals surface area contributed by atoms with Crippen LogP contribution in [0.3, 0.4) is 0 Å². The fraction of sp³-hybridized carbons (Fsp3) is 1.00. The van der Waals surface area contributed by atoms with Gasteiger partial charge < -0.3 is 9.64 Å². The smallest absolute Gasteiger partial charge is 0.0594 e. The Hall–Kier alpha value is -0.120. The Balaban J connectivity index is -0.000000264. The molecule has 0 unspecified atom stereocenters. The molecule has 3 nitrogen and oxygen atoms in total. The van der Waals surface area contributed by atoms with E-state index in [4.69, 9.17) is 4.74 Å². The number of likely N-dealkylation sites (N-methyl/N-ethyl adjacent to an activating group) is 1. The van der Waals surface area contributed by atoms with Gasteiger partial charge in [0.2, 0.25) is 0 Å². The first-order valence-electron chi connectivity index (χ1n) is 10.4. The standard InChI is InChI=1S/C8H17N.C6H13NO.3C2H6/c1-2-3-6-9-7-4-5-8-9;1-2-7-3-5-8-6-4-7;3*1-2/h2-8H2,1H3;2-6H2,1H3;3*1-2H3. The largest absolute Gasteiger partial charge is 0.379 e. The lowest BCUT2D eigenvalue weighted by Crippen LogP contribution is -2.35. The maximum atomic E-state index is 5.16. The lowest BCUT2D eigenvalue weighted by Gasteiger charge is -2.24. The summed E-state index contributed by atoms with van der Waals surface area (Å²) in [6.07, 6.45) is 5.60. The maximum absolute atomic E-state index is 5.16. The summed E-state index contributed by atoms with van der Waals surface area (Å²) in [4.78, 5) is 4.97. The van der Waals surface area contributed by atoms with Gasteiger partial charge >= 0.3 is 0 Å². The molecule has 144 valence electrons. The van der Waals surface area contributed by atoms with Crippen molar-refractivity contribution in [2.75, 3.05) is 52.5 Å². The molecule has 0 bridgehead atoms. The number of morpholine rings is 1. The molecule has 0 aromatic heterocycles. The Labute approximate surface area is 148 Å². The number of nitrogens with zero attached hydrogens (tertiary/aromatic N) is 2. The van der Waals surface area contributed by atoms with Gasteiger partial charge in [0.1, 0.15) is 0 Å². The zero-order valence-corrected chi connectivity index (χ0v) is 17.8. The zero-order valence-electron chi connectivity index (χ0n) is 17.8. The molecule has 0 aliphatic carbocycles. The van der Waals surface area contributed by atoms with Crippen LogP contribution in [0.25, 0.3) is 0 Å². The molecule has 0 amide bonds. The molecule has 2 heterocycles. The summed E-state index contributed by atoms with van der Waals surface area (Å²) in [6.45, 7) is 25.8. The highest BCUT2D eigenvalue weighted by Gasteiger charge is 2.09. The maximum Gasteiger partial charge on any atom is 0.0594 e. The SMILES string of the molecule is CC.CC.CC.CCCCN1CCCC1.CCN1CCOCC1. The van der Waals surface area contributed by atoms with Gasteiger partial charge in [-0.05, 0) is 45.4 Å². The Bertz CT molecular complexity index is 165. The molecule has 2 fully saturated rings. The highest BCUT2D eigenvalue weighted by atomic mass is 16.5. The first kappa shape index (κ1) is 27.7. The Morgan fingerprint density at radius 2 is 1.17 bits per heavy atom. The van der Waals surface area contributed by atoms with E-state index in [1.54, 1.807) is 0 Å². The van der Waals surface area contributed by atoms with E-state index in [1.165, 1.54) is 51.9 Å². The number of hydrogen-bond acceptors (Lipinski definition) is 3. The topological polar surface area (TPSA) is 15.7 Å². The van der Waals surface area contributed by atoms with E-state index in [0.29, 0.717) is 0 Å². The fourth-order valence-corrected chi connectivity index (χ4v) is 2.31. The van der Waals surface area contributed by atoms with E-state index < -0.39 is 0 Å². The first-order chi connectivity index (χ1) is 11.4. The van der Waals surface area contributed by atoms with Crippen LogP contribution < -0.4 is 0 Å². The predicted octanol–water partition coefficient (Wildman–Crippen LogP) is 5.30. The van der Waals surface area contributed by atoms with Crippen LogP contribution in [-0.4, -0.2) is 62.3 Å². The van der Waals surface area contributed by atoms with Crippen LogP contribution in [0.2, 0.25) is 0 Å². The molecule has 0 aromatic carbocycles. The van der Waals surface area contributed by atoms with Crippen molar-refractivity contribution in [3.8, 4) is 0 Å². The van der Waals surface area contributed by atoms with Gasteiger partial charge in [-0.15, -0.1) is 0 Å². The van der Waals surface area contributed by atoms with Crippen molar-refractivity contribution in [1.82, 2.24) is 9.80 Å². The molecule has 2 saturated heterocycles. The van der Waals surface area contributed by atoms with E-state index in [1.807, 2.05) is 41.5 Å². The van der Waals surface area contributed by atoms with Gasteiger partial charge in [0, 0.05) is 13.1 Å². The minimum Gasteiger partial charge on any atom is -0.379 e. The third-order valence-corrected chi connectivity index (χ3v) is 3.58. The highest BCUT2D eigenvalue weighted by molar-refractivity contribution is 4.64. The van der Waals surface area contributed by atoms with E-state index >= 15 is 0 Å². The molecule has 0 aromatic rings. The Morgan fingerprint density at radius 1 is 0.696 bits per heavy atom. The summed E-state index contributed by atoms with van der Waals surface area (Å²) >= 11 is 0. The average Bonchev–Trinajstić information content (AvgIpc) is 3.20. The molecular weight excluding hydrogens is 284 g/mol. The van der Waals surface area contributed by atoms with Crippen molar-refractivity contribution < 1.29 is 4.74 Å². The number of rotatable bonds is 4. The van der Waals surface area contributed by atoms with Gasteiger partial charge in [-0.1, -0.05) is 61.8 Å². The van der Waals surface area contributed by atoms with Crippen LogP contribution in [0.1, 0.15) is 81.1 Å². The van der Waals surface area contributed by atoms with Crippen molar-refractivity contribution in [3.05, 3.63) is 0 Å². The third kappa shape index (κ3) is 19.8. The molecule has 0 N–H and O–H groups in total. The summed E-state index contributed by atoms with van der Waals surface area (Å²) in [5, 5.41) is 0. The molecule has 2 aliphatic heterocycles. The third-order valence-electron chi connectivity index (χ3n) is 3.58. The van der Waals surface area contributed by atoms with E-state index in [0.717, 1.165) is 26.3 Å². The minimum absolute atomic E-state index is 0.924. The van der Waals surface area contributed by atoms with Gasteiger partial charge in [0.15, 0.2) is 0 Å². The molecule has 0 atom stereocenters. The van der Waals surface area contributed by atoms with E-state index in [-0.39, 0.29) is 0 Å². The van der Waals surface area contributed by atoms with Gasteiger partial charge in [-0.25, -0.2) is 0 Å². The van der Waals surface area contributed by atoms with Crippen LogP contribution >= 0.6 is 0 Å². The van der Waals surface area contributed by atoms with Crippen molar-refractivity contribution in [1.29, 1.82) is 0 Å². The second-order valence-electron chi connectivity index (χ2n) is 4.95.